The van der Waals surface area contributed by atoms with Crippen LogP contribution in [0, 0.1) is 5.41 Å². The van der Waals surface area contributed by atoms with E-state index in [1.807, 2.05) is 0 Å². The first-order chi connectivity index (χ1) is 11.7. The van der Waals surface area contributed by atoms with Crippen LogP contribution in [0.5, 0.6) is 5.75 Å². The molecule has 5 heteroatoms. The van der Waals surface area contributed by atoms with Gasteiger partial charge in [0.05, 0.1) is 24.4 Å². The van der Waals surface area contributed by atoms with Crippen molar-refractivity contribution in [3.63, 3.8) is 0 Å². The molecule has 0 saturated carbocycles. The van der Waals surface area contributed by atoms with Crippen molar-refractivity contribution in [2.45, 2.75) is 85.0 Å². The minimum absolute atomic E-state index is 0.0145. The van der Waals surface area contributed by atoms with Crippen molar-refractivity contribution >= 4 is 19.9 Å². The predicted molar refractivity (Wildman–Crippen MR) is 110 cm³/mol. The van der Waals surface area contributed by atoms with Gasteiger partial charge in [-0.2, -0.15) is 0 Å². The number of hydrogen-bond donors (Lipinski definition) is 0. The molecule has 1 atom stereocenters. The Balaban J connectivity index is 3.15. The fourth-order valence-electron chi connectivity index (χ4n) is 3.28. The zero-order chi connectivity index (χ0) is 19.1. The third-order valence-electron chi connectivity index (χ3n) is 5.16. The SMILES string of the molecule is CC[Si](CC)(CC)OC(CCCC(C)(C)C)c1c(Cl)cncc1OC. The number of rotatable bonds is 10. The van der Waals surface area contributed by atoms with Crippen LogP contribution in [0.3, 0.4) is 0 Å². The lowest BCUT2D eigenvalue weighted by Crippen LogP contribution is -2.37. The fourth-order valence-corrected chi connectivity index (χ4v) is 6.39. The van der Waals surface area contributed by atoms with Crippen LogP contribution in [0.15, 0.2) is 12.4 Å². The Hall–Kier alpha value is -0.583. The van der Waals surface area contributed by atoms with E-state index in [-0.39, 0.29) is 6.10 Å². The first-order valence-electron chi connectivity index (χ1n) is 9.57. The molecule has 0 N–H and O–H groups in total. The number of ether oxygens (including phenoxy) is 1. The number of halogens is 1. The van der Waals surface area contributed by atoms with E-state index < -0.39 is 8.32 Å². The van der Waals surface area contributed by atoms with Gasteiger partial charge in [0.15, 0.2) is 8.32 Å². The van der Waals surface area contributed by atoms with Crippen LogP contribution in [0.2, 0.25) is 23.2 Å². The van der Waals surface area contributed by atoms with E-state index in [0.29, 0.717) is 10.4 Å². The Morgan fingerprint density at radius 3 is 2.20 bits per heavy atom. The van der Waals surface area contributed by atoms with Gasteiger partial charge in [0, 0.05) is 11.8 Å². The van der Waals surface area contributed by atoms with Crippen LogP contribution in [0.4, 0.5) is 0 Å². The minimum Gasteiger partial charge on any atom is -0.495 e. The van der Waals surface area contributed by atoms with Crippen LogP contribution in [0.1, 0.15) is 72.5 Å². The molecule has 1 rings (SSSR count). The van der Waals surface area contributed by atoms with Crippen molar-refractivity contribution < 1.29 is 9.16 Å². The van der Waals surface area contributed by atoms with Crippen LogP contribution in [-0.2, 0) is 4.43 Å². The third kappa shape index (κ3) is 6.58. The van der Waals surface area contributed by atoms with Crippen molar-refractivity contribution in [3.05, 3.63) is 23.0 Å². The summed E-state index contributed by atoms with van der Waals surface area (Å²) in [5.74, 6) is 0.736. The van der Waals surface area contributed by atoms with Crippen molar-refractivity contribution in [3.8, 4) is 5.75 Å². The second-order valence-electron chi connectivity index (χ2n) is 8.04. The molecule has 1 aromatic rings. The van der Waals surface area contributed by atoms with Gasteiger partial charge in [-0.1, -0.05) is 59.6 Å². The second kappa shape index (κ2) is 9.93. The Morgan fingerprint density at radius 1 is 1.12 bits per heavy atom. The summed E-state index contributed by atoms with van der Waals surface area (Å²) in [6.45, 7) is 13.6. The van der Waals surface area contributed by atoms with Gasteiger partial charge in [0.2, 0.25) is 0 Å². The topological polar surface area (TPSA) is 31.4 Å². The van der Waals surface area contributed by atoms with Gasteiger partial charge in [-0.3, -0.25) is 4.98 Å². The van der Waals surface area contributed by atoms with E-state index in [9.17, 15) is 0 Å². The lowest BCUT2D eigenvalue weighted by atomic mass is 9.88. The summed E-state index contributed by atoms with van der Waals surface area (Å²) in [6, 6.07) is 3.38. The van der Waals surface area contributed by atoms with Crippen LogP contribution < -0.4 is 4.74 Å². The maximum Gasteiger partial charge on any atom is 0.192 e. The Kier molecular flexibility index (Phi) is 8.92. The molecule has 1 aromatic heterocycles. The monoisotopic (exact) mass is 385 g/mol. The van der Waals surface area contributed by atoms with Crippen molar-refractivity contribution in [1.29, 1.82) is 0 Å². The summed E-state index contributed by atoms with van der Waals surface area (Å²) in [5, 5.41) is 0.645. The summed E-state index contributed by atoms with van der Waals surface area (Å²) in [6.07, 6.45) is 6.67. The lowest BCUT2D eigenvalue weighted by Gasteiger charge is -2.34. The number of nitrogens with zero attached hydrogens (tertiary/aromatic N) is 1. The van der Waals surface area contributed by atoms with Crippen molar-refractivity contribution in [2.24, 2.45) is 5.41 Å². The zero-order valence-corrected chi connectivity index (χ0v) is 18.9. The molecule has 0 aliphatic heterocycles. The number of pyridine rings is 1. The summed E-state index contributed by atoms with van der Waals surface area (Å²) in [4.78, 5) is 4.17. The molecule has 0 fully saturated rings. The summed E-state index contributed by atoms with van der Waals surface area (Å²) < 4.78 is 12.4. The quantitative estimate of drug-likeness (QED) is 0.405. The molecule has 1 unspecified atom stereocenters. The minimum atomic E-state index is -1.75. The van der Waals surface area contributed by atoms with Crippen LogP contribution in [0.25, 0.3) is 0 Å². The zero-order valence-electron chi connectivity index (χ0n) is 17.1. The van der Waals surface area contributed by atoms with Gasteiger partial charge in [-0.05, 0) is 36.4 Å². The van der Waals surface area contributed by atoms with Gasteiger partial charge >= 0.3 is 0 Å². The molecular weight excluding hydrogens is 350 g/mol. The Labute approximate surface area is 160 Å². The van der Waals surface area contributed by atoms with Crippen molar-refractivity contribution in [1.82, 2.24) is 4.98 Å². The highest BCUT2D eigenvalue weighted by Gasteiger charge is 2.34. The smallest absolute Gasteiger partial charge is 0.192 e. The second-order valence-corrected chi connectivity index (χ2v) is 13.2. The van der Waals surface area contributed by atoms with E-state index in [2.05, 4.69) is 46.5 Å². The maximum atomic E-state index is 6.86. The third-order valence-corrected chi connectivity index (χ3v) is 10.1. The Morgan fingerprint density at radius 2 is 1.72 bits per heavy atom. The molecule has 0 aliphatic carbocycles. The molecule has 144 valence electrons. The van der Waals surface area contributed by atoms with Crippen LogP contribution >= 0.6 is 11.6 Å². The summed E-state index contributed by atoms with van der Waals surface area (Å²) in [7, 11) is -0.0786. The highest BCUT2D eigenvalue weighted by molar-refractivity contribution is 6.73. The van der Waals surface area contributed by atoms with Gasteiger partial charge in [0.25, 0.3) is 0 Å². The average Bonchev–Trinajstić information content (AvgIpc) is 2.57. The van der Waals surface area contributed by atoms with E-state index in [1.165, 1.54) is 0 Å². The molecule has 0 saturated heterocycles. The van der Waals surface area contributed by atoms with E-state index in [4.69, 9.17) is 20.8 Å². The predicted octanol–water partition coefficient (Wildman–Crippen LogP) is 7.02. The maximum absolute atomic E-state index is 6.86. The largest absolute Gasteiger partial charge is 0.495 e. The number of methoxy groups -OCH3 is 1. The molecule has 0 bridgehead atoms. The van der Waals surface area contributed by atoms with E-state index in [1.54, 1.807) is 19.5 Å². The van der Waals surface area contributed by atoms with E-state index in [0.717, 1.165) is 48.7 Å². The van der Waals surface area contributed by atoms with Gasteiger partial charge in [0.1, 0.15) is 5.75 Å². The molecule has 0 aliphatic rings. The molecule has 3 nitrogen and oxygen atoms in total. The molecule has 0 spiro atoms. The molecular formula is C20H36ClNO2Si. The highest BCUT2D eigenvalue weighted by Crippen LogP contribution is 2.40. The average molecular weight is 386 g/mol. The van der Waals surface area contributed by atoms with Crippen LogP contribution in [-0.4, -0.2) is 20.4 Å². The van der Waals surface area contributed by atoms with Gasteiger partial charge in [-0.25, -0.2) is 0 Å². The van der Waals surface area contributed by atoms with Gasteiger partial charge < -0.3 is 9.16 Å². The first-order valence-corrected chi connectivity index (χ1v) is 12.5. The molecule has 25 heavy (non-hydrogen) atoms. The molecule has 0 amide bonds. The lowest BCUT2D eigenvalue weighted by molar-refractivity contribution is 0.165. The highest BCUT2D eigenvalue weighted by atomic mass is 35.5. The molecule has 0 radical (unpaired) electrons. The standard InChI is InChI=1S/C20H36ClNO2Si/c1-8-25(9-2,10-3)24-17(12-11-13-20(4,5)6)19-16(21)14-22-15-18(19)23-7/h14-15,17H,8-13H2,1-7H3. The van der Waals surface area contributed by atoms with Crippen molar-refractivity contribution in [2.75, 3.05) is 7.11 Å². The molecule has 0 aromatic carbocycles. The summed E-state index contributed by atoms with van der Waals surface area (Å²) in [5.41, 5.74) is 1.30. The van der Waals surface area contributed by atoms with Gasteiger partial charge in [-0.15, -0.1) is 0 Å². The summed E-state index contributed by atoms with van der Waals surface area (Å²) >= 11 is 6.52. The fraction of sp³-hybridized carbons (Fsp3) is 0.750. The normalized spacial score (nSPS) is 13.8. The van der Waals surface area contributed by atoms with E-state index >= 15 is 0 Å². The Bertz CT molecular complexity index is 519. The molecule has 1 heterocycles. The first kappa shape index (κ1) is 22.5. The number of aromatic nitrogens is 1. The number of hydrogen-bond acceptors (Lipinski definition) is 3.